The van der Waals surface area contributed by atoms with Gasteiger partial charge in [0.1, 0.15) is 0 Å². The quantitative estimate of drug-likeness (QED) is 0.656. The standard InChI is InChI=1S/C10H19N3/c1-8-6-13(2)7-10(8)12-11-5-9-3-4-9/h8-9,11H,3-7H2,1-2H3/b12-10+. The van der Waals surface area contributed by atoms with Crippen LogP contribution in [0.2, 0.25) is 0 Å². The largest absolute Gasteiger partial charge is 0.310 e. The maximum atomic E-state index is 4.46. The third-order valence-electron chi connectivity index (χ3n) is 2.89. The van der Waals surface area contributed by atoms with Gasteiger partial charge in [-0.1, -0.05) is 6.92 Å². The predicted molar refractivity (Wildman–Crippen MR) is 54.8 cm³/mol. The van der Waals surface area contributed by atoms with Crippen LogP contribution in [-0.4, -0.2) is 37.3 Å². The van der Waals surface area contributed by atoms with Gasteiger partial charge in [0.05, 0.1) is 5.71 Å². The maximum Gasteiger partial charge on any atom is 0.0559 e. The number of hydrogen-bond donors (Lipinski definition) is 1. The van der Waals surface area contributed by atoms with E-state index in [9.17, 15) is 0 Å². The van der Waals surface area contributed by atoms with Crippen molar-refractivity contribution in [1.29, 1.82) is 0 Å². The van der Waals surface area contributed by atoms with Crippen LogP contribution in [0.5, 0.6) is 0 Å². The molecule has 0 bridgehead atoms. The minimum atomic E-state index is 0.636. The lowest BCUT2D eigenvalue weighted by molar-refractivity contribution is 0.403. The van der Waals surface area contributed by atoms with E-state index in [1.165, 1.54) is 18.6 Å². The molecular formula is C10H19N3. The molecule has 2 rings (SSSR count). The zero-order valence-corrected chi connectivity index (χ0v) is 8.58. The highest BCUT2D eigenvalue weighted by atomic mass is 15.3. The number of likely N-dealkylation sites (tertiary alicyclic amines) is 1. The number of rotatable bonds is 3. The first-order valence-electron chi connectivity index (χ1n) is 5.23. The molecule has 0 amide bonds. The Morgan fingerprint density at radius 1 is 1.54 bits per heavy atom. The lowest BCUT2D eigenvalue weighted by Gasteiger charge is -2.03. The first kappa shape index (κ1) is 9.00. The van der Waals surface area contributed by atoms with E-state index in [-0.39, 0.29) is 0 Å². The van der Waals surface area contributed by atoms with Gasteiger partial charge in [-0.3, -0.25) is 0 Å². The van der Waals surface area contributed by atoms with Crippen LogP contribution in [0.3, 0.4) is 0 Å². The summed E-state index contributed by atoms with van der Waals surface area (Å²) in [5.74, 6) is 1.55. The molecular weight excluding hydrogens is 162 g/mol. The van der Waals surface area contributed by atoms with Crippen LogP contribution in [0.25, 0.3) is 0 Å². The Morgan fingerprint density at radius 2 is 2.31 bits per heavy atom. The Bertz CT molecular complexity index is 208. The molecule has 1 unspecified atom stereocenters. The highest BCUT2D eigenvalue weighted by Crippen LogP contribution is 2.27. The molecule has 1 atom stereocenters. The summed E-state index contributed by atoms with van der Waals surface area (Å²) < 4.78 is 0. The van der Waals surface area contributed by atoms with Gasteiger partial charge in [0.15, 0.2) is 0 Å². The molecule has 0 radical (unpaired) electrons. The molecule has 0 spiro atoms. The summed E-state index contributed by atoms with van der Waals surface area (Å²) in [4.78, 5) is 2.32. The Kier molecular flexibility index (Phi) is 2.54. The molecule has 1 aliphatic carbocycles. The zero-order valence-electron chi connectivity index (χ0n) is 8.58. The Labute approximate surface area is 80.2 Å². The Hall–Kier alpha value is -0.570. The van der Waals surface area contributed by atoms with E-state index in [0.29, 0.717) is 5.92 Å². The number of hydrazone groups is 1. The van der Waals surface area contributed by atoms with E-state index in [2.05, 4.69) is 29.4 Å². The van der Waals surface area contributed by atoms with Crippen molar-refractivity contribution in [2.45, 2.75) is 19.8 Å². The summed E-state index contributed by atoms with van der Waals surface area (Å²) in [6, 6.07) is 0. The summed E-state index contributed by atoms with van der Waals surface area (Å²) >= 11 is 0. The van der Waals surface area contributed by atoms with E-state index in [1.54, 1.807) is 0 Å². The van der Waals surface area contributed by atoms with Crippen molar-refractivity contribution in [1.82, 2.24) is 10.3 Å². The monoisotopic (exact) mass is 181 g/mol. The minimum absolute atomic E-state index is 0.636. The summed E-state index contributed by atoms with van der Waals surface area (Å²) in [6.07, 6.45) is 2.79. The molecule has 3 heteroatoms. The van der Waals surface area contributed by atoms with Gasteiger partial charge in [-0.15, -0.1) is 0 Å². The summed E-state index contributed by atoms with van der Waals surface area (Å²) in [5.41, 5.74) is 4.52. The second-order valence-corrected chi connectivity index (χ2v) is 4.51. The van der Waals surface area contributed by atoms with Crippen LogP contribution in [0.1, 0.15) is 19.8 Å². The van der Waals surface area contributed by atoms with Crippen molar-refractivity contribution in [2.24, 2.45) is 16.9 Å². The molecule has 3 nitrogen and oxygen atoms in total. The molecule has 2 fully saturated rings. The van der Waals surface area contributed by atoms with E-state index in [1.807, 2.05) is 0 Å². The van der Waals surface area contributed by atoms with Crippen LogP contribution in [-0.2, 0) is 0 Å². The molecule has 1 heterocycles. The average molecular weight is 181 g/mol. The molecule has 1 aliphatic heterocycles. The molecule has 0 aromatic carbocycles. The Morgan fingerprint density at radius 3 is 2.85 bits per heavy atom. The predicted octanol–water partition coefficient (Wildman–Crippen LogP) is 0.923. The third-order valence-corrected chi connectivity index (χ3v) is 2.89. The van der Waals surface area contributed by atoms with Crippen molar-refractivity contribution in [3.05, 3.63) is 0 Å². The van der Waals surface area contributed by atoms with Gasteiger partial charge in [-0.05, 0) is 25.8 Å². The highest BCUT2D eigenvalue weighted by molar-refractivity contribution is 5.90. The van der Waals surface area contributed by atoms with Gasteiger partial charge in [0.2, 0.25) is 0 Å². The number of nitrogens with zero attached hydrogens (tertiary/aromatic N) is 2. The molecule has 2 aliphatic rings. The van der Waals surface area contributed by atoms with Gasteiger partial charge >= 0.3 is 0 Å². The molecule has 13 heavy (non-hydrogen) atoms. The van der Waals surface area contributed by atoms with Gasteiger partial charge in [-0.2, -0.15) is 5.10 Å². The van der Waals surface area contributed by atoms with E-state index in [0.717, 1.165) is 25.6 Å². The first-order valence-corrected chi connectivity index (χ1v) is 5.23. The van der Waals surface area contributed by atoms with Crippen LogP contribution in [0.15, 0.2) is 5.10 Å². The molecule has 1 saturated carbocycles. The molecule has 0 aromatic rings. The molecule has 1 N–H and O–H groups in total. The third kappa shape index (κ3) is 2.44. The van der Waals surface area contributed by atoms with Gasteiger partial charge in [-0.25, -0.2) is 0 Å². The van der Waals surface area contributed by atoms with E-state index < -0.39 is 0 Å². The summed E-state index contributed by atoms with van der Waals surface area (Å²) in [5, 5.41) is 4.46. The number of nitrogens with one attached hydrogen (secondary N) is 1. The first-order chi connectivity index (χ1) is 6.25. The van der Waals surface area contributed by atoms with Crippen LogP contribution in [0, 0.1) is 11.8 Å². The minimum Gasteiger partial charge on any atom is -0.310 e. The molecule has 1 saturated heterocycles. The lowest BCUT2D eigenvalue weighted by Crippen LogP contribution is -2.18. The van der Waals surface area contributed by atoms with Crippen molar-refractivity contribution in [3.63, 3.8) is 0 Å². The van der Waals surface area contributed by atoms with Gasteiger partial charge in [0, 0.05) is 25.6 Å². The normalized spacial score (nSPS) is 32.8. The lowest BCUT2D eigenvalue weighted by atomic mass is 10.1. The topological polar surface area (TPSA) is 27.6 Å². The fourth-order valence-electron chi connectivity index (χ4n) is 1.81. The van der Waals surface area contributed by atoms with Crippen LogP contribution < -0.4 is 5.43 Å². The second-order valence-electron chi connectivity index (χ2n) is 4.51. The second kappa shape index (κ2) is 3.66. The van der Waals surface area contributed by atoms with Gasteiger partial charge < -0.3 is 10.3 Å². The van der Waals surface area contributed by atoms with Gasteiger partial charge in [0.25, 0.3) is 0 Å². The van der Waals surface area contributed by atoms with Crippen molar-refractivity contribution in [3.8, 4) is 0 Å². The maximum absolute atomic E-state index is 4.46. The molecule has 0 aromatic heterocycles. The SMILES string of the molecule is CC1CN(C)C/C1=N\NCC1CC1. The van der Waals surface area contributed by atoms with E-state index >= 15 is 0 Å². The smallest absolute Gasteiger partial charge is 0.0559 e. The summed E-state index contributed by atoms with van der Waals surface area (Å²) in [7, 11) is 2.15. The van der Waals surface area contributed by atoms with Crippen LogP contribution in [0.4, 0.5) is 0 Å². The fraction of sp³-hybridized carbons (Fsp3) is 0.900. The Balaban J connectivity index is 1.77. The summed E-state index contributed by atoms with van der Waals surface area (Å²) in [6.45, 7) is 5.53. The molecule has 74 valence electrons. The van der Waals surface area contributed by atoms with Crippen molar-refractivity contribution < 1.29 is 0 Å². The highest BCUT2D eigenvalue weighted by Gasteiger charge is 2.23. The van der Waals surface area contributed by atoms with Crippen LogP contribution >= 0.6 is 0 Å². The number of hydrogen-bond acceptors (Lipinski definition) is 3. The zero-order chi connectivity index (χ0) is 9.26. The fourth-order valence-corrected chi connectivity index (χ4v) is 1.81. The van der Waals surface area contributed by atoms with Crippen molar-refractivity contribution in [2.75, 3.05) is 26.7 Å². The van der Waals surface area contributed by atoms with E-state index in [4.69, 9.17) is 0 Å². The van der Waals surface area contributed by atoms with Crippen molar-refractivity contribution >= 4 is 5.71 Å². The average Bonchev–Trinajstić information content (AvgIpc) is 2.81.